The summed E-state index contributed by atoms with van der Waals surface area (Å²) in [4.78, 5) is 10.9. The van der Waals surface area contributed by atoms with Crippen LogP contribution in [0.25, 0.3) is 0 Å². The van der Waals surface area contributed by atoms with E-state index < -0.39 is 0 Å². The van der Waals surface area contributed by atoms with E-state index in [9.17, 15) is 0 Å². The molecule has 2 aromatic rings. The van der Waals surface area contributed by atoms with Crippen molar-refractivity contribution in [1.82, 2.24) is 9.97 Å². The molecular formula is C16H21N5. The number of para-hydroxylation sites is 1. The molecule has 5 nitrogen and oxygen atoms in total. The fourth-order valence-electron chi connectivity index (χ4n) is 2.75. The Morgan fingerprint density at radius 1 is 1.19 bits per heavy atom. The predicted octanol–water partition coefficient (Wildman–Crippen LogP) is 3.18. The van der Waals surface area contributed by atoms with Crippen molar-refractivity contribution in [2.75, 3.05) is 23.0 Å². The minimum Gasteiger partial charge on any atom is -0.394 e. The Morgan fingerprint density at radius 2 is 1.90 bits per heavy atom. The second-order valence-electron chi connectivity index (χ2n) is 5.49. The molecule has 110 valence electrons. The zero-order chi connectivity index (χ0) is 14.7. The molecule has 1 aliphatic carbocycles. The second kappa shape index (κ2) is 5.99. The van der Waals surface area contributed by atoms with Gasteiger partial charge in [-0.2, -0.15) is 4.98 Å². The first-order chi connectivity index (χ1) is 10.2. The van der Waals surface area contributed by atoms with Gasteiger partial charge in [-0.15, -0.1) is 0 Å². The van der Waals surface area contributed by atoms with Crippen LogP contribution in [0.1, 0.15) is 25.7 Å². The molecule has 5 heteroatoms. The summed E-state index contributed by atoms with van der Waals surface area (Å²) in [5.74, 6) is 1.39. The number of anilines is 4. The minimum absolute atomic E-state index is 0.489. The van der Waals surface area contributed by atoms with Gasteiger partial charge in [-0.1, -0.05) is 31.0 Å². The molecule has 0 spiro atoms. The van der Waals surface area contributed by atoms with Gasteiger partial charge in [0.05, 0.1) is 11.9 Å². The summed E-state index contributed by atoms with van der Waals surface area (Å²) in [5.41, 5.74) is 7.67. The number of nitrogen functional groups attached to an aromatic ring is 1. The number of nitrogens with one attached hydrogen (secondary N) is 1. The van der Waals surface area contributed by atoms with Gasteiger partial charge in [-0.25, -0.2) is 4.98 Å². The van der Waals surface area contributed by atoms with Crippen molar-refractivity contribution < 1.29 is 0 Å². The molecule has 1 aromatic carbocycles. The highest BCUT2D eigenvalue weighted by atomic mass is 15.2. The third-order valence-electron chi connectivity index (χ3n) is 3.95. The minimum atomic E-state index is 0.489. The third kappa shape index (κ3) is 3.07. The highest BCUT2D eigenvalue weighted by molar-refractivity contribution is 5.70. The number of benzene rings is 1. The zero-order valence-corrected chi connectivity index (χ0v) is 12.3. The molecule has 0 amide bonds. The second-order valence-corrected chi connectivity index (χ2v) is 5.49. The van der Waals surface area contributed by atoms with E-state index in [0.29, 0.717) is 17.7 Å². The summed E-state index contributed by atoms with van der Waals surface area (Å²) in [7, 11) is 1.97. The Kier molecular flexibility index (Phi) is 3.90. The molecule has 0 radical (unpaired) electrons. The van der Waals surface area contributed by atoms with Crippen LogP contribution in [-0.2, 0) is 0 Å². The van der Waals surface area contributed by atoms with Crippen LogP contribution in [0.5, 0.6) is 0 Å². The molecule has 21 heavy (non-hydrogen) atoms. The summed E-state index contributed by atoms with van der Waals surface area (Å²) >= 11 is 0. The van der Waals surface area contributed by atoms with Gasteiger partial charge in [-0.3, -0.25) is 0 Å². The van der Waals surface area contributed by atoms with Crippen LogP contribution in [0.2, 0.25) is 0 Å². The van der Waals surface area contributed by atoms with Crippen molar-refractivity contribution >= 4 is 23.1 Å². The molecule has 3 rings (SSSR count). The lowest BCUT2D eigenvalue weighted by atomic mass is 10.2. The fraction of sp³-hybridized carbons (Fsp3) is 0.375. The number of nitrogens with zero attached hydrogens (tertiary/aromatic N) is 3. The van der Waals surface area contributed by atoms with Crippen LogP contribution in [0, 0.1) is 0 Å². The molecule has 0 saturated heterocycles. The van der Waals surface area contributed by atoms with E-state index in [-0.39, 0.29) is 0 Å². The molecule has 0 bridgehead atoms. The van der Waals surface area contributed by atoms with E-state index in [1.165, 1.54) is 25.7 Å². The maximum absolute atomic E-state index is 6.04. The van der Waals surface area contributed by atoms with Crippen LogP contribution in [0.4, 0.5) is 23.1 Å². The summed E-state index contributed by atoms with van der Waals surface area (Å²) in [6.07, 6.45) is 6.63. The highest BCUT2D eigenvalue weighted by Crippen LogP contribution is 2.28. The van der Waals surface area contributed by atoms with E-state index in [1.807, 2.05) is 42.3 Å². The number of rotatable bonds is 4. The van der Waals surface area contributed by atoms with Crippen LogP contribution in [0.3, 0.4) is 0 Å². The van der Waals surface area contributed by atoms with Gasteiger partial charge < -0.3 is 16.0 Å². The van der Waals surface area contributed by atoms with Crippen molar-refractivity contribution in [3.05, 3.63) is 36.5 Å². The smallest absolute Gasteiger partial charge is 0.224 e. The van der Waals surface area contributed by atoms with E-state index in [1.54, 1.807) is 6.20 Å². The molecule has 0 unspecified atom stereocenters. The van der Waals surface area contributed by atoms with Crippen molar-refractivity contribution in [1.29, 1.82) is 0 Å². The standard InChI is InChI=1S/C16H21N5/c1-21(13-9-3-2-4-10-13)15-14(17)11-18-16(20-15)19-12-7-5-6-8-12/h2-4,9-12H,5-8,17H2,1H3,(H,18,19,20). The number of nitrogens with two attached hydrogens (primary N) is 1. The average Bonchev–Trinajstić information content (AvgIpc) is 3.02. The average molecular weight is 283 g/mol. The van der Waals surface area contributed by atoms with E-state index in [2.05, 4.69) is 15.3 Å². The SMILES string of the molecule is CN(c1ccccc1)c1nc(NC2CCCC2)ncc1N. The third-order valence-corrected chi connectivity index (χ3v) is 3.95. The predicted molar refractivity (Wildman–Crippen MR) is 86.8 cm³/mol. The van der Waals surface area contributed by atoms with Gasteiger partial charge in [0.1, 0.15) is 0 Å². The van der Waals surface area contributed by atoms with Crippen molar-refractivity contribution in [2.24, 2.45) is 0 Å². The lowest BCUT2D eigenvalue weighted by Crippen LogP contribution is -2.19. The maximum atomic E-state index is 6.04. The Balaban J connectivity index is 1.83. The van der Waals surface area contributed by atoms with Crippen LogP contribution >= 0.6 is 0 Å². The highest BCUT2D eigenvalue weighted by Gasteiger charge is 2.17. The summed E-state index contributed by atoms with van der Waals surface area (Å²) in [6.45, 7) is 0. The van der Waals surface area contributed by atoms with E-state index in [4.69, 9.17) is 5.73 Å². The first-order valence-corrected chi connectivity index (χ1v) is 7.42. The van der Waals surface area contributed by atoms with Crippen molar-refractivity contribution in [3.63, 3.8) is 0 Å². The lowest BCUT2D eigenvalue weighted by Gasteiger charge is -2.21. The Labute approximate surface area is 125 Å². The van der Waals surface area contributed by atoms with Gasteiger partial charge in [0.25, 0.3) is 0 Å². The number of aromatic nitrogens is 2. The van der Waals surface area contributed by atoms with Crippen molar-refractivity contribution in [2.45, 2.75) is 31.7 Å². The normalized spacial score (nSPS) is 15.1. The molecule has 3 N–H and O–H groups in total. The Bertz CT molecular complexity index is 593. The van der Waals surface area contributed by atoms with Gasteiger partial charge in [0.15, 0.2) is 5.82 Å². The molecule has 1 saturated carbocycles. The largest absolute Gasteiger partial charge is 0.394 e. The maximum Gasteiger partial charge on any atom is 0.224 e. The van der Waals surface area contributed by atoms with Crippen LogP contribution in [0.15, 0.2) is 36.5 Å². The quantitative estimate of drug-likeness (QED) is 0.902. The fourth-order valence-corrected chi connectivity index (χ4v) is 2.75. The molecule has 0 aliphatic heterocycles. The first-order valence-electron chi connectivity index (χ1n) is 7.42. The summed E-state index contributed by atoms with van der Waals surface area (Å²) in [5, 5.41) is 3.41. The molecule has 1 aliphatic rings. The van der Waals surface area contributed by atoms with Crippen LogP contribution in [-0.4, -0.2) is 23.1 Å². The van der Waals surface area contributed by atoms with Crippen LogP contribution < -0.4 is 16.0 Å². The molecule has 0 atom stereocenters. The molecular weight excluding hydrogens is 262 g/mol. The van der Waals surface area contributed by atoms with E-state index >= 15 is 0 Å². The van der Waals surface area contributed by atoms with Gasteiger partial charge >= 0.3 is 0 Å². The van der Waals surface area contributed by atoms with E-state index in [0.717, 1.165) is 11.5 Å². The first kappa shape index (κ1) is 13.7. The molecule has 1 heterocycles. The van der Waals surface area contributed by atoms with Gasteiger partial charge in [-0.05, 0) is 25.0 Å². The lowest BCUT2D eigenvalue weighted by molar-refractivity contribution is 0.744. The summed E-state index contributed by atoms with van der Waals surface area (Å²) in [6, 6.07) is 10.6. The Morgan fingerprint density at radius 3 is 2.62 bits per heavy atom. The Hall–Kier alpha value is -2.30. The molecule has 1 aromatic heterocycles. The summed E-state index contributed by atoms with van der Waals surface area (Å²) < 4.78 is 0. The zero-order valence-electron chi connectivity index (χ0n) is 12.3. The number of hydrogen-bond donors (Lipinski definition) is 2. The molecule has 1 fully saturated rings. The monoisotopic (exact) mass is 283 g/mol. The topological polar surface area (TPSA) is 67.1 Å². The van der Waals surface area contributed by atoms with Crippen molar-refractivity contribution in [3.8, 4) is 0 Å². The van der Waals surface area contributed by atoms with Gasteiger partial charge in [0.2, 0.25) is 5.95 Å². The number of hydrogen-bond acceptors (Lipinski definition) is 5. The van der Waals surface area contributed by atoms with Gasteiger partial charge in [0, 0.05) is 18.8 Å².